The standard InChI is InChI=1S/C12H11NOS2/c1-9-13-11(7-15-9)8-16-12-4-2-10(6-14)3-5-12/h2-7H,8H2,1H3. The van der Waals surface area contributed by atoms with E-state index in [2.05, 4.69) is 10.4 Å². The zero-order valence-electron chi connectivity index (χ0n) is 8.84. The molecule has 1 aromatic heterocycles. The average Bonchev–Trinajstić information content (AvgIpc) is 2.73. The third-order valence-corrected chi connectivity index (χ3v) is 3.94. The van der Waals surface area contributed by atoms with E-state index in [1.54, 1.807) is 23.1 Å². The van der Waals surface area contributed by atoms with Crippen LogP contribution in [-0.2, 0) is 5.75 Å². The van der Waals surface area contributed by atoms with Crippen LogP contribution in [0.2, 0.25) is 0 Å². The summed E-state index contributed by atoms with van der Waals surface area (Å²) in [7, 11) is 0. The largest absolute Gasteiger partial charge is 0.298 e. The van der Waals surface area contributed by atoms with Crippen LogP contribution >= 0.6 is 23.1 Å². The predicted octanol–water partition coefficient (Wildman–Crippen LogP) is 3.56. The molecular weight excluding hydrogens is 238 g/mol. The van der Waals surface area contributed by atoms with Crippen LogP contribution in [0.15, 0.2) is 34.5 Å². The molecule has 0 aliphatic heterocycles. The Morgan fingerprint density at radius 3 is 2.69 bits per heavy atom. The molecule has 0 unspecified atom stereocenters. The van der Waals surface area contributed by atoms with E-state index in [9.17, 15) is 4.79 Å². The predicted molar refractivity (Wildman–Crippen MR) is 68.2 cm³/mol. The molecule has 0 aliphatic carbocycles. The number of aryl methyl sites for hydroxylation is 1. The molecule has 82 valence electrons. The Hall–Kier alpha value is -1.13. The van der Waals surface area contributed by atoms with Crippen LogP contribution < -0.4 is 0 Å². The van der Waals surface area contributed by atoms with Gasteiger partial charge in [0.1, 0.15) is 6.29 Å². The van der Waals surface area contributed by atoms with Crippen LogP contribution in [-0.4, -0.2) is 11.3 Å². The molecule has 0 saturated carbocycles. The maximum absolute atomic E-state index is 10.5. The minimum absolute atomic E-state index is 0.717. The molecule has 0 bridgehead atoms. The third kappa shape index (κ3) is 2.93. The molecule has 0 amide bonds. The van der Waals surface area contributed by atoms with Crippen molar-refractivity contribution in [3.8, 4) is 0 Å². The lowest BCUT2D eigenvalue weighted by Gasteiger charge is -1.99. The maximum Gasteiger partial charge on any atom is 0.150 e. The first-order valence-electron chi connectivity index (χ1n) is 4.87. The average molecular weight is 249 g/mol. The van der Waals surface area contributed by atoms with Gasteiger partial charge in [0.15, 0.2) is 0 Å². The smallest absolute Gasteiger partial charge is 0.150 e. The monoisotopic (exact) mass is 249 g/mol. The Morgan fingerprint density at radius 1 is 1.38 bits per heavy atom. The fraction of sp³-hybridized carbons (Fsp3) is 0.167. The first kappa shape index (κ1) is 11.4. The quantitative estimate of drug-likeness (QED) is 0.613. The van der Waals surface area contributed by atoms with Crippen LogP contribution in [0.1, 0.15) is 21.1 Å². The molecule has 16 heavy (non-hydrogen) atoms. The Labute approximate surface area is 103 Å². The molecule has 0 spiro atoms. The van der Waals surface area contributed by atoms with Crippen molar-refractivity contribution < 1.29 is 4.79 Å². The highest BCUT2D eigenvalue weighted by Gasteiger charge is 2.00. The summed E-state index contributed by atoms with van der Waals surface area (Å²) in [6.07, 6.45) is 0.859. The van der Waals surface area contributed by atoms with Crippen molar-refractivity contribution in [1.82, 2.24) is 4.98 Å². The number of carbonyl (C=O) groups is 1. The van der Waals surface area contributed by atoms with E-state index < -0.39 is 0 Å². The van der Waals surface area contributed by atoms with E-state index in [0.717, 1.165) is 27.6 Å². The summed E-state index contributed by atoms with van der Waals surface area (Å²) >= 11 is 3.41. The van der Waals surface area contributed by atoms with Crippen molar-refractivity contribution in [3.63, 3.8) is 0 Å². The molecule has 0 fully saturated rings. The molecule has 0 N–H and O–H groups in total. The highest BCUT2D eigenvalue weighted by Crippen LogP contribution is 2.23. The topological polar surface area (TPSA) is 30.0 Å². The van der Waals surface area contributed by atoms with Gasteiger partial charge < -0.3 is 0 Å². The molecule has 0 aliphatic rings. The second kappa shape index (κ2) is 5.27. The minimum atomic E-state index is 0.717. The number of aldehydes is 1. The minimum Gasteiger partial charge on any atom is -0.298 e. The zero-order valence-corrected chi connectivity index (χ0v) is 10.5. The number of carbonyl (C=O) groups excluding carboxylic acids is 1. The van der Waals surface area contributed by atoms with Gasteiger partial charge in [-0.25, -0.2) is 4.98 Å². The molecule has 2 nitrogen and oxygen atoms in total. The summed E-state index contributed by atoms with van der Waals surface area (Å²) in [5.74, 6) is 0.880. The summed E-state index contributed by atoms with van der Waals surface area (Å²) < 4.78 is 0. The molecule has 0 radical (unpaired) electrons. The van der Waals surface area contributed by atoms with Crippen LogP contribution in [0.3, 0.4) is 0 Å². The van der Waals surface area contributed by atoms with Crippen molar-refractivity contribution >= 4 is 29.4 Å². The van der Waals surface area contributed by atoms with Gasteiger partial charge >= 0.3 is 0 Å². The number of thioether (sulfide) groups is 1. The summed E-state index contributed by atoms with van der Waals surface area (Å²) in [4.78, 5) is 16.0. The SMILES string of the molecule is Cc1nc(CSc2ccc(C=O)cc2)cs1. The van der Waals surface area contributed by atoms with E-state index in [-0.39, 0.29) is 0 Å². The number of aromatic nitrogens is 1. The Morgan fingerprint density at radius 2 is 2.12 bits per heavy atom. The van der Waals surface area contributed by atoms with E-state index >= 15 is 0 Å². The molecular formula is C12H11NOS2. The summed E-state index contributed by atoms with van der Waals surface area (Å²) in [6, 6.07) is 7.60. The van der Waals surface area contributed by atoms with Crippen molar-refractivity contribution in [2.75, 3.05) is 0 Å². The fourth-order valence-corrected chi connectivity index (χ4v) is 2.78. The first-order valence-corrected chi connectivity index (χ1v) is 6.73. The van der Waals surface area contributed by atoms with Gasteiger partial charge in [0.05, 0.1) is 10.7 Å². The number of benzene rings is 1. The van der Waals surface area contributed by atoms with Gasteiger partial charge in [-0.2, -0.15) is 0 Å². The van der Waals surface area contributed by atoms with Gasteiger partial charge in [0.25, 0.3) is 0 Å². The molecule has 2 aromatic rings. The van der Waals surface area contributed by atoms with Gasteiger partial charge in [-0.3, -0.25) is 4.79 Å². The highest BCUT2D eigenvalue weighted by molar-refractivity contribution is 7.98. The van der Waals surface area contributed by atoms with Crippen molar-refractivity contribution in [1.29, 1.82) is 0 Å². The van der Waals surface area contributed by atoms with Crippen LogP contribution in [0.25, 0.3) is 0 Å². The number of rotatable bonds is 4. The maximum atomic E-state index is 10.5. The molecule has 2 rings (SSSR count). The molecule has 0 atom stereocenters. The summed E-state index contributed by atoms with van der Waals surface area (Å²) in [5.41, 5.74) is 1.83. The van der Waals surface area contributed by atoms with E-state index in [4.69, 9.17) is 0 Å². The molecule has 0 saturated heterocycles. The van der Waals surface area contributed by atoms with E-state index in [1.165, 1.54) is 0 Å². The van der Waals surface area contributed by atoms with E-state index in [1.807, 2.05) is 31.2 Å². The van der Waals surface area contributed by atoms with Crippen molar-refractivity contribution in [2.24, 2.45) is 0 Å². The van der Waals surface area contributed by atoms with Crippen LogP contribution in [0.5, 0.6) is 0 Å². The second-order valence-electron chi connectivity index (χ2n) is 3.33. The Kier molecular flexibility index (Phi) is 3.74. The normalized spacial score (nSPS) is 10.3. The van der Waals surface area contributed by atoms with Gasteiger partial charge in [-0.1, -0.05) is 12.1 Å². The first-order chi connectivity index (χ1) is 7.78. The lowest BCUT2D eigenvalue weighted by Crippen LogP contribution is -1.82. The number of hydrogen-bond acceptors (Lipinski definition) is 4. The Balaban J connectivity index is 1.96. The summed E-state index contributed by atoms with van der Waals surface area (Å²) in [6.45, 7) is 2.01. The van der Waals surface area contributed by atoms with Gasteiger partial charge in [-0.15, -0.1) is 23.1 Å². The second-order valence-corrected chi connectivity index (χ2v) is 5.44. The molecule has 1 aromatic carbocycles. The lowest BCUT2D eigenvalue weighted by molar-refractivity contribution is 0.112. The molecule has 4 heteroatoms. The lowest BCUT2D eigenvalue weighted by atomic mass is 10.2. The zero-order chi connectivity index (χ0) is 11.4. The number of nitrogens with zero attached hydrogens (tertiary/aromatic N) is 1. The van der Waals surface area contributed by atoms with Crippen LogP contribution in [0, 0.1) is 6.92 Å². The Bertz CT molecular complexity index is 476. The van der Waals surface area contributed by atoms with E-state index in [0.29, 0.717) is 5.56 Å². The molecule has 1 heterocycles. The van der Waals surface area contributed by atoms with Gasteiger partial charge in [-0.05, 0) is 19.1 Å². The van der Waals surface area contributed by atoms with Crippen molar-refractivity contribution in [2.45, 2.75) is 17.6 Å². The highest BCUT2D eigenvalue weighted by atomic mass is 32.2. The number of thiazole rings is 1. The summed E-state index contributed by atoms with van der Waals surface area (Å²) in [5, 5.41) is 3.19. The van der Waals surface area contributed by atoms with Crippen LogP contribution in [0.4, 0.5) is 0 Å². The fourth-order valence-electron chi connectivity index (χ4n) is 1.27. The van der Waals surface area contributed by atoms with Gasteiger partial charge in [0.2, 0.25) is 0 Å². The number of hydrogen-bond donors (Lipinski definition) is 0. The third-order valence-electron chi connectivity index (χ3n) is 2.07. The van der Waals surface area contributed by atoms with Crippen molar-refractivity contribution in [3.05, 3.63) is 45.9 Å². The van der Waals surface area contributed by atoms with Gasteiger partial charge in [0, 0.05) is 21.6 Å².